The number of rotatable bonds is 5. The van der Waals surface area contributed by atoms with E-state index in [1.54, 1.807) is 0 Å². The van der Waals surface area contributed by atoms with Crippen LogP contribution in [0.2, 0.25) is 0 Å². The third-order valence-electron chi connectivity index (χ3n) is 13.5. The van der Waals surface area contributed by atoms with Crippen LogP contribution in [-0.4, -0.2) is 0 Å². The van der Waals surface area contributed by atoms with E-state index in [0.717, 1.165) is 17.1 Å². The first kappa shape index (κ1) is 31.0. The molecule has 0 amide bonds. The first-order valence-electron chi connectivity index (χ1n) is 20.0. The Hall–Kier alpha value is -7.22. The van der Waals surface area contributed by atoms with Crippen LogP contribution in [0.1, 0.15) is 44.5 Å². The molecule has 0 saturated heterocycles. The molecule has 1 atom stereocenters. The van der Waals surface area contributed by atoms with Crippen LogP contribution in [0.3, 0.4) is 0 Å². The van der Waals surface area contributed by atoms with E-state index in [4.69, 9.17) is 0 Å². The third kappa shape index (κ3) is 3.75. The van der Waals surface area contributed by atoms with Crippen molar-refractivity contribution in [2.45, 2.75) is 10.8 Å². The highest BCUT2D eigenvalue weighted by Crippen LogP contribution is 2.70. The van der Waals surface area contributed by atoms with Crippen molar-refractivity contribution in [2.24, 2.45) is 0 Å². The summed E-state index contributed by atoms with van der Waals surface area (Å²) >= 11 is 0. The Bertz CT molecular complexity index is 3070. The number of fused-ring (bicyclic) bond motifs is 8. The van der Waals surface area contributed by atoms with Gasteiger partial charge in [0, 0.05) is 17.1 Å². The molecule has 1 nitrogen and oxygen atoms in total. The summed E-state index contributed by atoms with van der Waals surface area (Å²) in [6.45, 7) is 0. The fourth-order valence-corrected chi connectivity index (χ4v) is 11.5. The molecular weight excluding hydrogens is 687 g/mol. The summed E-state index contributed by atoms with van der Waals surface area (Å²) in [5, 5.41) is 0. The maximum Gasteiger partial charge on any atom is 0.0737 e. The zero-order valence-electron chi connectivity index (χ0n) is 31.2. The van der Waals surface area contributed by atoms with Crippen molar-refractivity contribution in [1.29, 1.82) is 0 Å². The van der Waals surface area contributed by atoms with Crippen molar-refractivity contribution in [3.8, 4) is 44.5 Å². The summed E-state index contributed by atoms with van der Waals surface area (Å²) in [7, 11) is 0. The van der Waals surface area contributed by atoms with Crippen molar-refractivity contribution in [2.75, 3.05) is 4.90 Å². The minimum absolute atomic E-state index is 0.301. The van der Waals surface area contributed by atoms with Gasteiger partial charge < -0.3 is 4.90 Å². The van der Waals surface area contributed by atoms with Crippen LogP contribution in [-0.2, 0) is 10.8 Å². The topological polar surface area (TPSA) is 3.24 Å². The number of benzene rings is 9. The summed E-state index contributed by atoms with van der Waals surface area (Å²) in [5.41, 5.74) is 24.2. The van der Waals surface area contributed by atoms with E-state index in [1.807, 2.05) is 0 Å². The summed E-state index contributed by atoms with van der Waals surface area (Å²) in [5.74, 6) is 0. The number of nitrogens with zero attached hydrogens (tertiary/aromatic N) is 1. The molecule has 57 heavy (non-hydrogen) atoms. The molecular formula is C56H35N. The molecule has 0 radical (unpaired) electrons. The number of hydrogen-bond donors (Lipinski definition) is 0. The lowest BCUT2D eigenvalue weighted by atomic mass is 9.67. The van der Waals surface area contributed by atoms with Crippen LogP contribution in [0, 0.1) is 0 Å². The highest BCUT2D eigenvalue weighted by Gasteiger charge is 2.57. The fourth-order valence-electron chi connectivity index (χ4n) is 11.5. The second kappa shape index (κ2) is 11.2. The smallest absolute Gasteiger partial charge is 0.0737 e. The standard InChI is InChI=1S/C56H35N/c1-4-16-36(17-5-1)55(37-18-6-2-7-19-37)49-28-12-10-22-41(49)43-32-30-40(35-52(43)55)57(38-20-8-3-9-21-38)39-31-33-51-48(34-39)47-27-15-26-46-45-25-14-24-44-42-23-11-13-29-50(42)56(51,53(44)45)54(46)47/h1-35H. The Balaban J connectivity index is 1.06. The van der Waals surface area contributed by atoms with Gasteiger partial charge in [-0.05, 0) is 125 Å². The second-order valence-electron chi connectivity index (χ2n) is 15.9. The maximum absolute atomic E-state index is 2.47. The summed E-state index contributed by atoms with van der Waals surface area (Å²) in [6, 6.07) is 79.5. The van der Waals surface area contributed by atoms with E-state index >= 15 is 0 Å². The van der Waals surface area contributed by atoms with Gasteiger partial charge in [-0.15, -0.1) is 0 Å². The number of para-hydroxylation sites is 1. The molecule has 13 rings (SSSR count). The SMILES string of the molecule is c1ccc(N(c2ccc3c(c2)-c2cccc4c2C32c3ccccc3-c3cccc-4c32)c2ccc3c(c2)C(c2ccccc2)(c2ccccc2)c2ccccc2-3)cc1. The molecule has 9 aromatic carbocycles. The van der Waals surface area contributed by atoms with Crippen LogP contribution < -0.4 is 4.90 Å². The molecule has 1 heteroatoms. The van der Waals surface area contributed by atoms with Gasteiger partial charge in [-0.3, -0.25) is 0 Å². The van der Waals surface area contributed by atoms with Gasteiger partial charge in [0.25, 0.3) is 0 Å². The maximum atomic E-state index is 2.47. The van der Waals surface area contributed by atoms with Crippen molar-refractivity contribution in [3.63, 3.8) is 0 Å². The Labute approximate surface area is 332 Å². The van der Waals surface area contributed by atoms with E-state index in [-0.39, 0.29) is 5.41 Å². The van der Waals surface area contributed by atoms with Crippen molar-refractivity contribution < 1.29 is 0 Å². The van der Waals surface area contributed by atoms with E-state index in [1.165, 1.54) is 89.0 Å². The van der Waals surface area contributed by atoms with Gasteiger partial charge in [-0.25, -0.2) is 0 Å². The zero-order chi connectivity index (χ0) is 37.3. The molecule has 0 aromatic heterocycles. The molecule has 9 aromatic rings. The Morgan fingerprint density at radius 3 is 1.30 bits per heavy atom. The molecule has 0 aliphatic heterocycles. The predicted octanol–water partition coefficient (Wildman–Crippen LogP) is 13.8. The molecule has 0 saturated carbocycles. The Morgan fingerprint density at radius 1 is 0.246 bits per heavy atom. The molecule has 264 valence electrons. The van der Waals surface area contributed by atoms with E-state index in [9.17, 15) is 0 Å². The largest absolute Gasteiger partial charge is 0.310 e. The molecule has 0 heterocycles. The first-order valence-corrected chi connectivity index (χ1v) is 20.0. The lowest BCUT2D eigenvalue weighted by Gasteiger charge is -2.35. The summed E-state index contributed by atoms with van der Waals surface area (Å²) < 4.78 is 0. The van der Waals surface area contributed by atoms with Crippen LogP contribution in [0.15, 0.2) is 212 Å². The Morgan fingerprint density at radius 2 is 0.667 bits per heavy atom. The lowest BCUT2D eigenvalue weighted by Crippen LogP contribution is -2.28. The van der Waals surface area contributed by atoms with E-state index in [0.29, 0.717) is 0 Å². The van der Waals surface area contributed by atoms with Crippen LogP contribution in [0.5, 0.6) is 0 Å². The van der Waals surface area contributed by atoms with Crippen molar-refractivity contribution >= 4 is 17.1 Å². The molecule has 0 fully saturated rings. The van der Waals surface area contributed by atoms with Gasteiger partial charge in [0.1, 0.15) is 0 Å². The van der Waals surface area contributed by atoms with Gasteiger partial charge in [-0.2, -0.15) is 0 Å². The minimum atomic E-state index is -0.482. The quantitative estimate of drug-likeness (QED) is 0.171. The van der Waals surface area contributed by atoms with Gasteiger partial charge in [0.2, 0.25) is 0 Å². The molecule has 4 aliphatic carbocycles. The van der Waals surface area contributed by atoms with Gasteiger partial charge in [0.15, 0.2) is 0 Å². The molecule has 0 N–H and O–H groups in total. The molecule has 4 aliphatic rings. The normalized spacial score (nSPS) is 16.3. The minimum Gasteiger partial charge on any atom is -0.310 e. The highest BCUT2D eigenvalue weighted by molar-refractivity contribution is 6.06. The predicted molar refractivity (Wildman–Crippen MR) is 234 cm³/mol. The van der Waals surface area contributed by atoms with E-state index < -0.39 is 5.41 Å². The number of anilines is 3. The van der Waals surface area contributed by atoms with Gasteiger partial charge >= 0.3 is 0 Å². The number of hydrogen-bond acceptors (Lipinski definition) is 1. The van der Waals surface area contributed by atoms with Gasteiger partial charge in [0.05, 0.1) is 10.8 Å². The van der Waals surface area contributed by atoms with Crippen LogP contribution >= 0.6 is 0 Å². The van der Waals surface area contributed by atoms with Crippen LogP contribution in [0.25, 0.3) is 44.5 Å². The second-order valence-corrected chi connectivity index (χ2v) is 15.9. The fraction of sp³-hybridized carbons (Fsp3) is 0.0357. The van der Waals surface area contributed by atoms with Gasteiger partial charge in [-0.1, -0.05) is 176 Å². The van der Waals surface area contributed by atoms with E-state index in [2.05, 4.69) is 217 Å². The molecule has 1 spiro atoms. The third-order valence-corrected chi connectivity index (χ3v) is 13.5. The Kier molecular flexibility index (Phi) is 6.09. The zero-order valence-corrected chi connectivity index (χ0v) is 31.2. The van der Waals surface area contributed by atoms with Crippen molar-refractivity contribution in [1.82, 2.24) is 0 Å². The highest BCUT2D eigenvalue weighted by atomic mass is 15.1. The monoisotopic (exact) mass is 721 g/mol. The average Bonchev–Trinajstić information content (AvgIpc) is 3.96. The molecule has 0 bridgehead atoms. The first-order chi connectivity index (χ1) is 28.3. The van der Waals surface area contributed by atoms with Crippen LogP contribution in [0.4, 0.5) is 17.1 Å². The summed E-state index contributed by atoms with van der Waals surface area (Å²) in [4.78, 5) is 2.46. The molecule has 1 unspecified atom stereocenters. The van der Waals surface area contributed by atoms with Crippen molar-refractivity contribution in [3.05, 3.63) is 257 Å². The lowest BCUT2D eigenvalue weighted by molar-refractivity contribution is 0.768. The summed E-state index contributed by atoms with van der Waals surface area (Å²) in [6.07, 6.45) is 0. The average molecular weight is 722 g/mol.